The summed E-state index contributed by atoms with van der Waals surface area (Å²) in [6, 6.07) is 6.54. The second kappa shape index (κ2) is 5.69. The molecule has 1 nitrogen and oxygen atoms in total. The van der Waals surface area contributed by atoms with E-state index in [1.807, 2.05) is 13.1 Å². The van der Waals surface area contributed by atoms with E-state index in [1.165, 1.54) is 12.1 Å². The number of thioether (sulfide) groups is 1. The van der Waals surface area contributed by atoms with E-state index in [0.29, 0.717) is 0 Å². The van der Waals surface area contributed by atoms with Crippen LogP contribution in [0.2, 0.25) is 0 Å². The second-order valence-electron chi connectivity index (χ2n) is 2.78. The van der Waals surface area contributed by atoms with Crippen molar-refractivity contribution in [3.05, 3.63) is 30.1 Å². The molecule has 0 spiro atoms. The summed E-state index contributed by atoms with van der Waals surface area (Å²) < 4.78 is 12.8. The summed E-state index contributed by atoms with van der Waals surface area (Å²) in [4.78, 5) is 0.903. The number of terminal acetylenes is 1. The highest BCUT2D eigenvalue weighted by Gasteiger charge is 2.02. The summed E-state index contributed by atoms with van der Waals surface area (Å²) in [6.07, 6.45) is 5.28. The highest BCUT2D eigenvalue weighted by Crippen LogP contribution is 2.19. The Balaban J connectivity index is 2.50. The molecule has 1 rings (SSSR count). The summed E-state index contributed by atoms with van der Waals surface area (Å²) >= 11 is 1.55. The minimum atomic E-state index is -0.211. The van der Waals surface area contributed by atoms with Crippen molar-refractivity contribution in [1.82, 2.24) is 5.32 Å². The molecule has 0 aliphatic heterocycles. The van der Waals surface area contributed by atoms with Crippen molar-refractivity contribution in [2.45, 2.75) is 10.9 Å². The van der Waals surface area contributed by atoms with Gasteiger partial charge < -0.3 is 5.32 Å². The summed E-state index contributed by atoms with van der Waals surface area (Å²) in [5.74, 6) is 3.15. The maximum absolute atomic E-state index is 12.8. The number of halogens is 1. The average Bonchev–Trinajstić information content (AvgIpc) is 2.19. The van der Waals surface area contributed by atoms with Gasteiger partial charge >= 0.3 is 0 Å². The Labute approximate surface area is 88.1 Å². The molecular weight excluding hydrogens is 197 g/mol. The second-order valence-corrected chi connectivity index (χ2v) is 3.87. The van der Waals surface area contributed by atoms with Gasteiger partial charge in [0.2, 0.25) is 0 Å². The molecule has 1 aromatic carbocycles. The minimum Gasteiger partial charge on any atom is -0.306 e. The number of rotatable bonds is 4. The monoisotopic (exact) mass is 209 g/mol. The van der Waals surface area contributed by atoms with Crippen LogP contribution in [0.4, 0.5) is 4.39 Å². The number of nitrogens with one attached hydrogen (secondary N) is 1. The lowest BCUT2D eigenvalue weighted by Crippen LogP contribution is -2.25. The van der Waals surface area contributed by atoms with Crippen molar-refractivity contribution < 1.29 is 4.39 Å². The molecule has 0 aliphatic carbocycles. The van der Waals surface area contributed by atoms with E-state index < -0.39 is 0 Å². The molecule has 1 N–H and O–H groups in total. The largest absolute Gasteiger partial charge is 0.306 e. The third-order valence-electron chi connectivity index (χ3n) is 1.76. The molecule has 0 fully saturated rings. The molecule has 0 saturated carbocycles. The fraction of sp³-hybridized carbons (Fsp3) is 0.273. The summed E-state index contributed by atoms with van der Waals surface area (Å²) in [5, 5.41) is 2.99. The van der Waals surface area contributed by atoms with Crippen LogP contribution in [0.25, 0.3) is 0 Å². The third-order valence-corrected chi connectivity index (χ3v) is 2.85. The maximum atomic E-state index is 12.8. The lowest BCUT2D eigenvalue weighted by molar-refractivity contribution is 0.624. The van der Waals surface area contributed by atoms with Crippen LogP contribution in [0.15, 0.2) is 29.2 Å². The van der Waals surface area contributed by atoms with Gasteiger partial charge in [0.25, 0.3) is 0 Å². The fourth-order valence-corrected chi connectivity index (χ4v) is 1.94. The van der Waals surface area contributed by atoms with Gasteiger partial charge in [-0.25, -0.2) is 4.39 Å². The van der Waals surface area contributed by atoms with Gasteiger partial charge in [0.15, 0.2) is 0 Å². The Morgan fingerprint density at radius 3 is 3.00 bits per heavy atom. The molecule has 0 bridgehead atoms. The first-order chi connectivity index (χ1) is 6.76. The number of hydrogen-bond donors (Lipinski definition) is 1. The molecule has 0 radical (unpaired) electrons. The summed E-state index contributed by atoms with van der Waals surface area (Å²) in [6.45, 7) is 0. The minimum absolute atomic E-state index is 0.0308. The first kappa shape index (κ1) is 11.1. The Hall–Kier alpha value is -0.980. The Kier molecular flexibility index (Phi) is 4.51. The summed E-state index contributed by atoms with van der Waals surface area (Å²) in [5.41, 5.74) is 0. The van der Waals surface area contributed by atoms with E-state index in [0.717, 1.165) is 10.6 Å². The van der Waals surface area contributed by atoms with Gasteiger partial charge in [-0.3, -0.25) is 0 Å². The molecule has 0 aromatic heterocycles. The van der Waals surface area contributed by atoms with Crippen LogP contribution < -0.4 is 5.32 Å². The zero-order valence-corrected chi connectivity index (χ0v) is 8.77. The van der Waals surface area contributed by atoms with Crippen LogP contribution in [0, 0.1) is 18.2 Å². The predicted molar refractivity (Wildman–Crippen MR) is 58.8 cm³/mol. The number of benzene rings is 1. The molecule has 0 saturated heterocycles. The van der Waals surface area contributed by atoms with Crippen LogP contribution >= 0.6 is 11.8 Å². The molecule has 0 aliphatic rings. The molecular formula is C11H12FNS. The fourth-order valence-electron chi connectivity index (χ4n) is 0.951. The van der Waals surface area contributed by atoms with Gasteiger partial charge in [0.1, 0.15) is 5.82 Å². The highest BCUT2D eigenvalue weighted by molar-refractivity contribution is 7.99. The first-order valence-corrected chi connectivity index (χ1v) is 5.26. The molecule has 0 amide bonds. The quantitative estimate of drug-likeness (QED) is 0.602. The van der Waals surface area contributed by atoms with Crippen LogP contribution in [-0.2, 0) is 0 Å². The molecule has 1 aromatic rings. The van der Waals surface area contributed by atoms with Crippen molar-refractivity contribution in [2.24, 2.45) is 0 Å². The van der Waals surface area contributed by atoms with E-state index in [9.17, 15) is 4.39 Å². The van der Waals surface area contributed by atoms with Crippen molar-refractivity contribution in [2.75, 3.05) is 12.8 Å². The van der Waals surface area contributed by atoms with Crippen LogP contribution in [0.3, 0.4) is 0 Å². The van der Waals surface area contributed by atoms with E-state index >= 15 is 0 Å². The third kappa shape index (κ3) is 3.41. The standard InChI is InChI=1S/C11H12FNS/c1-3-10(13-2)8-14-11-6-4-5-9(12)7-11/h1,4-7,10,13H,8H2,2H3. The highest BCUT2D eigenvalue weighted by atomic mass is 32.2. The van der Waals surface area contributed by atoms with Gasteiger partial charge in [-0.2, -0.15) is 0 Å². The van der Waals surface area contributed by atoms with Crippen LogP contribution in [0.5, 0.6) is 0 Å². The van der Waals surface area contributed by atoms with Gasteiger partial charge in [-0.05, 0) is 25.2 Å². The van der Waals surface area contributed by atoms with Crippen molar-refractivity contribution in [1.29, 1.82) is 0 Å². The van der Waals surface area contributed by atoms with Crippen molar-refractivity contribution in [3.63, 3.8) is 0 Å². The normalized spacial score (nSPS) is 12.1. The van der Waals surface area contributed by atoms with Gasteiger partial charge in [0, 0.05) is 10.6 Å². The van der Waals surface area contributed by atoms with Gasteiger partial charge in [-0.15, -0.1) is 18.2 Å². The van der Waals surface area contributed by atoms with Crippen LogP contribution in [-0.4, -0.2) is 18.8 Å². The molecule has 1 unspecified atom stereocenters. The Bertz CT molecular complexity index is 332. The lowest BCUT2D eigenvalue weighted by Gasteiger charge is -2.08. The zero-order valence-electron chi connectivity index (χ0n) is 7.96. The van der Waals surface area contributed by atoms with Crippen molar-refractivity contribution >= 4 is 11.8 Å². The molecule has 74 valence electrons. The molecule has 0 heterocycles. The van der Waals surface area contributed by atoms with E-state index in [2.05, 4.69) is 11.2 Å². The van der Waals surface area contributed by atoms with Crippen molar-refractivity contribution in [3.8, 4) is 12.3 Å². The van der Waals surface area contributed by atoms with E-state index in [-0.39, 0.29) is 11.9 Å². The number of hydrogen-bond acceptors (Lipinski definition) is 2. The smallest absolute Gasteiger partial charge is 0.124 e. The molecule has 14 heavy (non-hydrogen) atoms. The topological polar surface area (TPSA) is 12.0 Å². The lowest BCUT2D eigenvalue weighted by atomic mass is 10.3. The van der Waals surface area contributed by atoms with E-state index in [4.69, 9.17) is 6.42 Å². The van der Waals surface area contributed by atoms with Crippen LogP contribution in [0.1, 0.15) is 0 Å². The zero-order chi connectivity index (χ0) is 10.4. The first-order valence-electron chi connectivity index (χ1n) is 4.28. The Morgan fingerprint density at radius 1 is 1.64 bits per heavy atom. The van der Waals surface area contributed by atoms with Gasteiger partial charge in [-0.1, -0.05) is 12.0 Å². The molecule has 3 heteroatoms. The van der Waals surface area contributed by atoms with Gasteiger partial charge in [0.05, 0.1) is 6.04 Å². The predicted octanol–water partition coefficient (Wildman–Crippen LogP) is 2.14. The Morgan fingerprint density at radius 2 is 2.43 bits per heavy atom. The maximum Gasteiger partial charge on any atom is 0.124 e. The molecule has 1 atom stereocenters. The average molecular weight is 209 g/mol. The SMILES string of the molecule is C#CC(CSc1cccc(F)c1)NC. The summed E-state index contributed by atoms with van der Waals surface area (Å²) in [7, 11) is 1.82. The van der Waals surface area contributed by atoms with E-state index in [1.54, 1.807) is 17.8 Å².